The van der Waals surface area contributed by atoms with Gasteiger partial charge in [0.2, 0.25) is 5.95 Å². The van der Waals surface area contributed by atoms with Gasteiger partial charge in [0.15, 0.2) is 5.82 Å². The Morgan fingerprint density at radius 2 is 1.71 bits per heavy atom. The molecule has 0 aliphatic carbocycles. The van der Waals surface area contributed by atoms with E-state index >= 15 is 0 Å². The number of nitrogens with two attached hydrogens (primary N) is 1. The van der Waals surface area contributed by atoms with E-state index < -0.39 is 78.9 Å². The molecule has 42 heavy (non-hydrogen) atoms. The smallest absolute Gasteiger partial charge is 0.280 e. The second-order valence-electron chi connectivity index (χ2n) is 9.27. The molecule has 0 amide bonds. The second-order valence-corrected chi connectivity index (χ2v) is 13.8. The van der Waals surface area contributed by atoms with Crippen molar-refractivity contribution in [2.75, 3.05) is 42.5 Å². The van der Waals surface area contributed by atoms with E-state index in [2.05, 4.69) is 27.6 Å². The van der Waals surface area contributed by atoms with Crippen LogP contribution >= 0.6 is 23.5 Å². The van der Waals surface area contributed by atoms with Crippen molar-refractivity contribution < 1.29 is 98.4 Å². The summed E-state index contributed by atoms with van der Waals surface area (Å²) in [5.74, 6) is -0.259. The normalized spacial score (nSPS) is 33.5. The molecule has 0 bridgehead atoms. The van der Waals surface area contributed by atoms with Crippen molar-refractivity contribution in [3.8, 4) is 0 Å². The van der Waals surface area contributed by atoms with Crippen molar-refractivity contribution in [3.63, 3.8) is 0 Å². The minimum atomic E-state index is -6.14. The van der Waals surface area contributed by atoms with Gasteiger partial charge in [0.1, 0.15) is 32.0 Å². The van der Waals surface area contributed by atoms with Crippen LogP contribution in [-0.2, 0) is 73.5 Å². The van der Waals surface area contributed by atoms with Crippen molar-refractivity contribution >= 4 is 48.8 Å². The average Bonchev–Trinajstić information content (AvgIpc) is 3.44. The molecule has 6 unspecified atom stereocenters. The Morgan fingerprint density at radius 3 is 2.29 bits per heavy atom. The number of hydrogen-bond acceptors (Lipinski definition) is 19. The molecule has 0 saturated carbocycles. The van der Waals surface area contributed by atoms with Crippen LogP contribution in [0.25, 0.3) is 0 Å². The van der Waals surface area contributed by atoms with E-state index in [1.165, 1.54) is 0 Å². The Balaban J connectivity index is 0.00000484. The maximum absolute atomic E-state index is 12.3. The molecule has 3 aliphatic rings. The molecule has 4 rings (SSSR count). The van der Waals surface area contributed by atoms with Gasteiger partial charge in [-0.25, -0.2) is 8.62 Å². The number of ether oxygens (including phenoxy) is 2. The predicted octanol–water partition coefficient (Wildman–Crippen LogP) is -3.78. The Kier molecular flexibility index (Phi) is 11.7. The maximum Gasteiger partial charge on any atom is 0.280 e. The number of aliphatic hydroxyl groups is 2. The molecule has 4 heterocycles. The number of H-pyrrole nitrogens is 1. The Morgan fingerprint density at radius 1 is 1.12 bits per heavy atom. The number of nitrogen functional groups attached to an aromatic ring is 1. The first-order valence-corrected chi connectivity index (χ1v) is 16.1. The monoisotopic (exact) mass is 732 g/mol. The number of aromatic amines is 1. The summed E-state index contributed by atoms with van der Waals surface area (Å²) < 4.78 is 63.0. The van der Waals surface area contributed by atoms with E-state index in [0.29, 0.717) is 0 Å². The number of phosphoric acid groups is 3. The largest absolute Gasteiger partial charge is 0.756 e. The van der Waals surface area contributed by atoms with Crippen molar-refractivity contribution in [3.05, 3.63) is 16.8 Å². The molecule has 3 radical (unpaired) electrons. The number of fused-ring (bicyclic) bond motifs is 1. The van der Waals surface area contributed by atoms with Crippen LogP contribution in [0.1, 0.15) is 6.92 Å². The number of phosphoric ester groups is 2. The standard InChI is InChI=1S/C17H28BN5O15P3.Y/c1-7-3-8(35-16(7)23-6-22(2)10-14(23)20-17(19)21-15(10)26)4-33-39(27,28)37-41(31,32)38-40(29,30)34-5-9-11(24)12(25)13(18)36-9;/h3,7-9,11-13,16,24-25H,4-6H2,1-2H3,(H,27,28)(H,29,30)(H,31,32)(H3,19,20,21,26);/q-1;/p-3/t7?,8-,9+,11?,12?,13+,16+;/m0./s1. The summed E-state index contributed by atoms with van der Waals surface area (Å²) in [7, 11) is -10.7. The number of nitrogens with zero attached hydrogens (tertiary/aromatic N) is 3. The third kappa shape index (κ3) is 8.49. The van der Waals surface area contributed by atoms with Crippen LogP contribution in [0.3, 0.4) is 0 Å². The fourth-order valence-corrected chi connectivity index (χ4v) is 7.75. The first-order chi connectivity index (χ1) is 18.9. The van der Waals surface area contributed by atoms with Crippen molar-refractivity contribution in [2.24, 2.45) is 5.92 Å². The van der Waals surface area contributed by atoms with Gasteiger partial charge in [0.05, 0.1) is 26.0 Å². The van der Waals surface area contributed by atoms with E-state index in [4.69, 9.17) is 23.1 Å². The zero-order chi connectivity index (χ0) is 30.5. The molecular weight excluding hydrogens is 707 g/mol. The molecule has 2 saturated heterocycles. The van der Waals surface area contributed by atoms with Crippen LogP contribution in [0.4, 0.5) is 17.5 Å². The zero-order valence-electron chi connectivity index (χ0n) is 21.9. The van der Waals surface area contributed by atoms with Gasteiger partial charge in [-0.3, -0.25) is 29.9 Å². The third-order valence-electron chi connectivity index (χ3n) is 6.10. The second kappa shape index (κ2) is 13.6. The summed E-state index contributed by atoms with van der Waals surface area (Å²) in [6, 6.07) is -1.37. The summed E-state index contributed by atoms with van der Waals surface area (Å²) in [5.41, 5.74) is 5.42. The summed E-state index contributed by atoms with van der Waals surface area (Å²) >= 11 is 0. The number of anilines is 3. The first kappa shape index (κ1) is 36.2. The van der Waals surface area contributed by atoms with Crippen LogP contribution in [0.2, 0.25) is 0 Å². The Hall–Kier alpha value is -0.301. The van der Waals surface area contributed by atoms with Crippen LogP contribution < -0.4 is 35.8 Å². The van der Waals surface area contributed by atoms with Crippen molar-refractivity contribution in [1.82, 2.24) is 9.97 Å². The first-order valence-electron chi connectivity index (χ1n) is 11.7. The number of rotatable bonds is 11. The van der Waals surface area contributed by atoms with E-state index in [-0.39, 0.29) is 62.7 Å². The van der Waals surface area contributed by atoms with E-state index in [1.54, 1.807) is 30.2 Å². The van der Waals surface area contributed by atoms with Gasteiger partial charge in [0, 0.05) is 45.8 Å². The van der Waals surface area contributed by atoms with Gasteiger partial charge in [-0.2, -0.15) is 4.98 Å². The van der Waals surface area contributed by atoms with Crippen LogP contribution in [0.5, 0.6) is 0 Å². The summed E-state index contributed by atoms with van der Waals surface area (Å²) in [6.45, 7) is 0.109. The molecule has 233 valence electrons. The SMILES string of the molecule is [B][C@@H]1O[C@H](COP(=O)([O-])OP(=O)([O-])OP(=O)([O-])OC[C@@H]2[CH-]C(C)[C@H](N3CN(C)c4c3nc(N)[nH]c4=O)O2)C(O)C1O.[Y]. The number of hydrogen-bond donors (Lipinski definition) is 4. The Bertz CT molecular complexity index is 1350. The van der Waals surface area contributed by atoms with Crippen LogP contribution in [0.15, 0.2) is 4.79 Å². The summed E-state index contributed by atoms with van der Waals surface area (Å²) in [4.78, 5) is 58.0. The molecular formula is C17H25BN5O15P3Y-4. The molecule has 0 aromatic carbocycles. The fourth-order valence-electron chi connectivity index (χ4n) is 4.37. The molecule has 3 aliphatic heterocycles. The van der Waals surface area contributed by atoms with E-state index in [0.717, 1.165) is 0 Å². The molecule has 25 heteroatoms. The predicted molar refractivity (Wildman–Crippen MR) is 130 cm³/mol. The summed E-state index contributed by atoms with van der Waals surface area (Å²) in [5, 5.41) is 19.2. The minimum absolute atomic E-state index is 0. The van der Waals surface area contributed by atoms with Crippen molar-refractivity contribution in [2.45, 2.75) is 43.6 Å². The van der Waals surface area contributed by atoms with Crippen LogP contribution in [-0.4, -0.2) is 91.6 Å². The van der Waals surface area contributed by atoms with Crippen molar-refractivity contribution in [1.29, 1.82) is 0 Å². The Labute approximate surface area is 264 Å². The van der Waals surface area contributed by atoms with Gasteiger partial charge in [0.25, 0.3) is 29.0 Å². The number of aromatic nitrogens is 2. The van der Waals surface area contributed by atoms with E-state index in [9.17, 15) is 43.4 Å². The van der Waals surface area contributed by atoms with Crippen LogP contribution in [0, 0.1) is 12.3 Å². The van der Waals surface area contributed by atoms with Gasteiger partial charge in [-0.15, -0.1) is 5.92 Å². The van der Waals surface area contributed by atoms with Gasteiger partial charge >= 0.3 is 0 Å². The molecule has 20 nitrogen and oxygen atoms in total. The minimum Gasteiger partial charge on any atom is -0.756 e. The molecule has 1 aromatic rings. The zero-order valence-corrected chi connectivity index (χ0v) is 27.4. The topological polar surface area (TPSA) is 294 Å². The number of aliphatic hydroxyl groups excluding tert-OH is 2. The van der Waals surface area contributed by atoms with E-state index in [1.807, 2.05) is 0 Å². The number of nitrogens with one attached hydrogen (secondary N) is 1. The average molecular weight is 732 g/mol. The third-order valence-corrected chi connectivity index (χ3v) is 10.2. The molecule has 10 atom stereocenters. The quantitative estimate of drug-likeness (QED) is 0.0964. The maximum atomic E-state index is 12.3. The summed E-state index contributed by atoms with van der Waals surface area (Å²) in [6.07, 6.45) is -4.91. The molecule has 5 N–H and O–H groups in total. The molecule has 1 aromatic heterocycles. The van der Waals surface area contributed by atoms with Gasteiger partial charge in [-0.1, -0.05) is 6.92 Å². The fraction of sp³-hybridized carbons (Fsp3) is 0.706. The van der Waals surface area contributed by atoms with Gasteiger partial charge in [-0.05, 0) is 6.10 Å². The molecule has 2 fully saturated rings. The van der Waals surface area contributed by atoms with Gasteiger partial charge < -0.3 is 58.9 Å². The molecule has 0 spiro atoms.